The monoisotopic (exact) mass is 281 g/mol. The number of carbonyl (C=O) groups is 2. The van der Waals surface area contributed by atoms with Crippen LogP contribution in [-0.2, 0) is 14.3 Å². The first-order chi connectivity index (χ1) is 9.11. The predicted octanol–water partition coefficient (Wildman–Crippen LogP) is 2.42. The highest BCUT2D eigenvalue weighted by Gasteiger charge is 2.02. The molecule has 1 rings (SSSR count). The largest absolute Gasteiger partial charge is 0.466 e. The molecule has 0 radical (unpaired) electrons. The van der Waals surface area contributed by atoms with Crippen LogP contribution in [0.1, 0.15) is 18.9 Å². The van der Waals surface area contributed by atoms with Crippen molar-refractivity contribution >= 4 is 29.6 Å². The molecule has 0 fully saturated rings. The van der Waals surface area contributed by atoms with E-state index in [1.165, 1.54) is 6.08 Å². The van der Waals surface area contributed by atoms with Gasteiger partial charge in [-0.05, 0) is 30.7 Å². The molecule has 0 aromatic heterocycles. The summed E-state index contributed by atoms with van der Waals surface area (Å²) in [7, 11) is 0. The number of esters is 1. The molecule has 0 atom stereocenters. The van der Waals surface area contributed by atoms with Gasteiger partial charge in [0, 0.05) is 17.6 Å². The standard InChI is InChI=1S/C14H16ClNO3/c1-2-19-14(18)8-9-16-13(17)7-6-11-4-3-5-12(15)10-11/h3-7,10H,2,8-9H2,1H3,(H,16,17)/b7-6+. The summed E-state index contributed by atoms with van der Waals surface area (Å²) in [4.78, 5) is 22.5. The average molecular weight is 282 g/mol. The van der Waals surface area contributed by atoms with E-state index in [9.17, 15) is 9.59 Å². The molecule has 1 aromatic carbocycles. The van der Waals surface area contributed by atoms with Crippen molar-refractivity contribution in [2.45, 2.75) is 13.3 Å². The van der Waals surface area contributed by atoms with Gasteiger partial charge in [0.1, 0.15) is 0 Å². The lowest BCUT2D eigenvalue weighted by atomic mass is 10.2. The van der Waals surface area contributed by atoms with E-state index in [0.29, 0.717) is 11.6 Å². The second-order valence-corrected chi connectivity index (χ2v) is 4.17. The zero-order valence-corrected chi connectivity index (χ0v) is 11.4. The van der Waals surface area contributed by atoms with E-state index in [4.69, 9.17) is 16.3 Å². The molecule has 0 bridgehead atoms. The van der Waals surface area contributed by atoms with Crippen molar-refractivity contribution in [3.05, 3.63) is 40.9 Å². The Balaban J connectivity index is 2.33. The Morgan fingerprint density at radius 3 is 2.89 bits per heavy atom. The van der Waals surface area contributed by atoms with E-state index in [0.717, 1.165) is 5.56 Å². The molecule has 0 spiro atoms. The van der Waals surface area contributed by atoms with Gasteiger partial charge in [-0.3, -0.25) is 9.59 Å². The highest BCUT2D eigenvalue weighted by molar-refractivity contribution is 6.30. The fourth-order valence-corrected chi connectivity index (χ4v) is 1.56. The van der Waals surface area contributed by atoms with Gasteiger partial charge >= 0.3 is 5.97 Å². The number of halogens is 1. The van der Waals surface area contributed by atoms with Crippen LogP contribution >= 0.6 is 11.6 Å². The van der Waals surface area contributed by atoms with E-state index in [1.54, 1.807) is 31.2 Å². The molecule has 0 aliphatic carbocycles. The molecule has 102 valence electrons. The van der Waals surface area contributed by atoms with Crippen molar-refractivity contribution in [2.24, 2.45) is 0 Å². The molecule has 19 heavy (non-hydrogen) atoms. The summed E-state index contributed by atoms with van der Waals surface area (Å²) in [5.41, 5.74) is 0.841. The molecule has 0 saturated carbocycles. The molecule has 0 saturated heterocycles. The summed E-state index contributed by atoms with van der Waals surface area (Å²) in [5.74, 6) is -0.578. The molecule has 0 aliphatic heterocycles. The number of hydrogen-bond acceptors (Lipinski definition) is 3. The SMILES string of the molecule is CCOC(=O)CCNC(=O)/C=C/c1cccc(Cl)c1. The second kappa shape index (κ2) is 8.32. The maximum absolute atomic E-state index is 11.5. The van der Waals surface area contributed by atoms with Crippen molar-refractivity contribution in [1.82, 2.24) is 5.32 Å². The van der Waals surface area contributed by atoms with Crippen LogP contribution in [0.2, 0.25) is 5.02 Å². The maximum Gasteiger partial charge on any atom is 0.307 e. The minimum absolute atomic E-state index is 0.171. The smallest absolute Gasteiger partial charge is 0.307 e. The van der Waals surface area contributed by atoms with Gasteiger partial charge in [-0.25, -0.2) is 0 Å². The number of carbonyl (C=O) groups excluding carboxylic acids is 2. The van der Waals surface area contributed by atoms with Crippen molar-refractivity contribution in [3.63, 3.8) is 0 Å². The molecule has 5 heteroatoms. The second-order valence-electron chi connectivity index (χ2n) is 3.73. The van der Waals surface area contributed by atoms with Crippen LogP contribution < -0.4 is 5.32 Å². The van der Waals surface area contributed by atoms with Crippen LogP contribution in [-0.4, -0.2) is 25.0 Å². The first kappa shape index (κ1) is 15.2. The van der Waals surface area contributed by atoms with E-state index in [2.05, 4.69) is 5.32 Å². The van der Waals surface area contributed by atoms with Gasteiger partial charge in [0.2, 0.25) is 5.91 Å². The molecule has 0 aliphatic rings. The number of nitrogens with one attached hydrogen (secondary N) is 1. The van der Waals surface area contributed by atoms with Crippen LogP contribution in [0.25, 0.3) is 6.08 Å². The Labute approximate surface area is 117 Å². The van der Waals surface area contributed by atoms with Gasteiger partial charge in [-0.2, -0.15) is 0 Å². The van der Waals surface area contributed by atoms with Gasteiger partial charge < -0.3 is 10.1 Å². The Morgan fingerprint density at radius 1 is 1.42 bits per heavy atom. The van der Waals surface area contributed by atoms with Crippen molar-refractivity contribution in [3.8, 4) is 0 Å². The normalized spacial score (nSPS) is 10.4. The number of benzene rings is 1. The lowest BCUT2D eigenvalue weighted by molar-refractivity contribution is -0.142. The van der Waals surface area contributed by atoms with Crippen LogP contribution in [0.5, 0.6) is 0 Å². The molecule has 0 unspecified atom stereocenters. The third-order valence-corrected chi connectivity index (χ3v) is 2.44. The number of hydrogen-bond donors (Lipinski definition) is 1. The Kier molecular flexibility index (Phi) is 6.68. The summed E-state index contributed by atoms with van der Waals surface area (Å²) >= 11 is 5.82. The topological polar surface area (TPSA) is 55.4 Å². The predicted molar refractivity (Wildman–Crippen MR) is 74.7 cm³/mol. The van der Waals surface area contributed by atoms with Gasteiger partial charge in [-0.1, -0.05) is 23.7 Å². The van der Waals surface area contributed by atoms with Crippen molar-refractivity contribution < 1.29 is 14.3 Å². The lowest BCUT2D eigenvalue weighted by Crippen LogP contribution is -2.24. The number of ether oxygens (including phenoxy) is 1. The van der Waals surface area contributed by atoms with E-state index in [1.807, 2.05) is 6.07 Å². The minimum Gasteiger partial charge on any atom is -0.466 e. The third-order valence-electron chi connectivity index (χ3n) is 2.21. The third kappa shape index (κ3) is 6.62. The molecule has 1 N–H and O–H groups in total. The van der Waals surface area contributed by atoms with Crippen LogP contribution in [0, 0.1) is 0 Å². The zero-order valence-electron chi connectivity index (χ0n) is 10.7. The van der Waals surface area contributed by atoms with E-state index >= 15 is 0 Å². The Bertz CT molecular complexity index is 472. The number of amides is 1. The van der Waals surface area contributed by atoms with E-state index in [-0.39, 0.29) is 24.8 Å². The summed E-state index contributed by atoms with van der Waals surface area (Å²) in [5, 5.41) is 3.21. The average Bonchev–Trinajstić information content (AvgIpc) is 2.37. The highest BCUT2D eigenvalue weighted by Crippen LogP contribution is 2.11. The van der Waals surface area contributed by atoms with Crippen molar-refractivity contribution in [2.75, 3.05) is 13.2 Å². The van der Waals surface area contributed by atoms with Gasteiger partial charge in [0.05, 0.1) is 13.0 Å². The first-order valence-corrected chi connectivity index (χ1v) is 6.36. The number of rotatable bonds is 6. The van der Waals surface area contributed by atoms with Crippen molar-refractivity contribution in [1.29, 1.82) is 0 Å². The van der Waals surface area contributed by atoms with Gasteiger partial charge in [0.15, 0.2) is 0 Å². The summed E-state index contributed by atoms with van der Waals surface area (Å²) < 4.78 is 4.74. The molecule has 0 heterocycles. The molecule has 1 aromatic rings. The molecular formula is C14H16ClNO3. The van der Waals surface area contributed by atoms with Gasteiger partial charge in [0.25, 0.3) is 0 Å². The van der Waals surface area contributed by atoms with Gasteiger partial charge in [-0.15, -0.1) is 0 Å². The Morgan fingerprint density at radius 2 is 2.21 bits per heavy atom. The zero-order chi connectivity index (χ0) is 14.1. The van der Waals surface area contributed by atoms with Crippen LogP contribution in [0.4, 0.5) is 0 Å². The molecule has 1 amide bonds. The Hall–Kier alpha value is -1.81. The summed E-state index contributed by atoms with van der Waals surface area (Å²) in [6, 6.07) is 7.16. The fraction of sp³-hybridized carbons (Fsp3) is 0.286. The quantitative estimate of drug-likeness (QED) is 0.643. The summed E-state index contributed by atoms with van der Waals surface area (Å²) in [6.45, 7) is 2.35. The first-order valence-electron chi connectivity index (χ1n) is 5.99. The fourth-order valence-electron chi connectivity index (χ4n) is 1.36. The maximum atomic E-state index is 11.5. The molecule has 4 nitrogen and oxygen atoms in total. The minimum atomic E-state index is -0.318. The summed E-state index contributed by atoms with van der Waals surface area (Å²) in [6.07, 6.45) is 3.23. The van der Waals surface area contributed by atoms with Crippen LogP contribution in [0.3, 0.4) is 0 Å². The highest BCUT2D eigenvalue weighted by atomic mass is 35.5. The molecular weight excluding hydrogens is 266 g/mol. The lowest BCUT2D eigenvalue weighted by Gasteiger charge is -2.02. The van der Waals surface area contributed by atoms with E-state index < -0.39 is 0 Å². The van der Waals surface area contributed by atoms with Crippen LogP contribution in [0.15, 0.2) is 30.3 Å².